The van der Waals surface area contributed by atoms with Crippen molar-refractivity contribution in [2.24, 2.45) is 11.7 Å². The third kappa shape index (κ3) is 4.29. The molecular weight excluding hydrogens is 326 g/mol. The molecule has 4 N–H and O–H groups in total. The standard InChI is InChI=1S/C21H25N3O2/c1-14-18(23-20(25)13-16-9-5-10-17(16)22)11-6-12-19(14)24-21(26)15-7-3-2-4-8-15/h2-4,6-8,11-12,16-17H,5,9-10,13,22H2,1H3,(H,23,25)(H,24,26)/t16-,17+/m0/s1. The zero-order valence-corrected chi connectivity index (χ0v) is 15.0. The molecule has 2 atom stereocenters. The van der Waals surface area contributed by atoms with E-state index in [1.165, 1.54) is 0 Å². The first-order valence-corrected chi connectivity index (χ1v) is 9.06. The van der Waals surface area contributed by atoms with Crippen molar-refractivity contribution >= 4 is 23.2 Å². The highest BCUT2D eigenvalue weighted by atomic mass is 16.2. The summed E-state index contributed by atoms with van der Waals surface area (Å²) in [6.07, 6.45) is 3.55. The quantitative estimate of drug-likeness (QED) is 0.768. The molecule has 3 rings (SSSR count). The van der Waals surface area contributed by atoms with Gasteiger partial charge in [0.05, 0.1) is 0 Å². The Morgan fingerprint density at radius 1 is 1.00 bits per heavy atom. The van der Waals surface area contributed by atoms with Crippen LogP contribution in [0, 0.1) is 12.8 Å². The normalized spacial score (nSPS) is 19.2. The minimum absolute atomic E-state index is 0.0259. The van der Waals surface area contributed by atoms with Gasteiger partial charge in [-0.2, -0.15) is 0 Å². The lowest BCUT2D eigenvalue weighted by molar-refractivity contribution is -0.117. The maximum absolute atomic E-state index is 12.4. The molecule has 1 aliphatic carbocycles. The fraction of sp³-hybridized carbons (Fsp3) is 0.333. The molecule has 26 heavy (non-hydrogen) atoms. The van der Waals surface area contributed by atoms with Crippen LogP contribution in [0.3, 0.4) is 0 Å². The maximum Gasteiger partial charge on any atom is 0.255 e. The molecule has 1 fully saturated rings. The summed E-state index contributed by atoms with van der Waals surface area (Å²) in [6, 6.07) is 14.7. The zero-order valence-electron chi connectivity index (χ0n) is 15.0. The summed E-state index contributed by atoms with van der Waals surface area (Å²) in [5.74, 6) is 0.0624. The van der Waals surface area contributed by atoms with Crippen molar-refractivity contribution in [1.29, 1.82) is 0 Å². The van der Waals surface area contributed by atoms with E-state index in [4.69, 9.17) is 5.73 Å². The van der Waals surface area contributed by atoms with E-state index < -0.39 is 0 Å². The van der Waals surface area contributed by atoms with Crippen LogP contribution in [0.4, 0.5) is 11.4 Å². The number of hydrogen-bond donors (Lipinski definition) is 3. The molecule has 0 unspecified atom stereocenters. The highest BCUT2D eigenvalue weighted by Crippen LogP contribution is 2.28. The number of carbonyl (C=O) groups excluding carboxylic acids is 2. The van der Waals surface area contributed by atoms with E-state index >= 15 is 0 Å². The molecule has 1 aliphatic rings. The highest BCUT2D eigenvalue weighted by molar-refractivity contribution is 6.05. The van der Waals surface area contributed by atoms with E-state index in [0.29, 0.717) is 23.4 Å². The number of benzene rings is 2. The molecule has 2 amide bonds. The van der Waals surface area contributed by atoms with Crippen molar-refractivity contribution in [2.45, 2.75) is 38.6 Å². The Balaban J connectivity index is 1.67. The van der Waals surface area contributed by atoms with Gasteiger partial charge in [0.1, 0.15) is 0 Å². The molecule has 2 aromatic carbocycles. The van der Waals surface area contributed by atoms with Crippen LogP contribution in [-0.4, -0.2) is 17.9 Å². The van der Waals surface area contributed by atoms with Gasteiger partial charge in [-0.3, -0.25) is 9.59 Å². The topological polar surface area (TPSA) is 84.2 Å². The first-order valence-electron chi connectivity index (χ1n) is 9.06. The summed E-state index contributed by atoms with van der Waals surface area (Å²) in [6.45, 7) is 1.89. The molecule has 0 aliphatic heterocycles. The minimum Gasteiger partial charge on any atom is -0.327 e. The second-order valence-electron chi connectivity index (χ2n) is 6.91. The number of nitrogens with two attached hydrogens (primary N) is 1. The Labute approximate surface area is 154 Å². The molecule has 0 bridgehead atoms. The van der Waals surface area contributed by atoms with Gasteiger partial charge in [-0.15, -0.1) is 0 Å². The SMILES string of the molecule is Cc1c(NC(=O)C[C@@H]2CCC[C@H]2N)cccc1NC(=O)c1ccccc1. The Kier molecular flexibility index (Phi) is 5.68. The summed E-state index contributed by atoms with van der Waals surface area (Å²) in [5, 5.41) is 5.88. The van der Waals surface area contributed by atoms with Gasteiger partial charge in [0, 0.05) is 29.4 Å². The number of hydrogen-bond acceptors (Lipinski definition) is 3. The third-order valence-corrected chi connectivity index (χ3v) is 5.06. The van der Waals surface area contributed by atoms with Crippen LogP contribution in [0.25, 0.3) is 0 Å². The lowest BCUT2D eigenvalue weighted by Gasteiger charge is -2.17. The van der Waals surface area contributed by atoms with Crippen molar-refractivity contribution in [3.8, 4) is 0 Å². The molecule has 0 saturated heterocycles. The Bertz CT molecular complexity index is 789. The van der Waals surface area contributed by atoms with Gasteiger partial charge in [-0.25, -0.2) is 0 Å². The summed E-state index contributed by atoms with van der Waals surface area (Å²) < 4.78 is 0. The van der Waals surface area contributed by atoms with E-state index in [0.717, 1.165) is 24.8 Å². The smallest absolute Gasteiger partial charge is 0.255 e. The number of rotatable bonds is 5. The summed E-state index contributed by atoms with van der Waals surface area (Å²) in [7, 11) is 0. The molecule has 0 spiro atoms. The van der Waals surface area contributed by atoms with Crippen LogP contribution in [0.1, 0.15) is 41.6 Å². The second kappa shape index (κ2) is 8.15. The number of amides is 2. The Morgan fingerprint density at radius 2 is 1.69 bits per heavy atom. The minimum atomic E-state index is -0.172. The highest BCUT2D eigenvalue weighted by Gasteiger charge is 2.26. The van der Waals surface area contributed by atoms with E-state index in [1.54, 1.807) is 12.1 Å². The van der Waals surface area contributed by atoms with Crippen molar-refractivity contribution in [2.75, 3.05) is 10.6 Å². The average Bonchev–Trinajstić information content (AvgIpc) is 3.04. The van der Waals surface area contributed by atoms with Crippen LogP contribution in [-0.2, 0) is 4.79 Å². The van der Waals surface area contributed by atoms with Crippen molar-refractivity contribution in [3.05, 3.63) is 59.7 Å². The summed E-state index contributed by atoms with van der Waals surface area (Å²) in [4.78, 5) is 24.7. The largest absolute Gasteiger partial charge is 0.327 e. The van der Waals surface area contributed by atoms with Crippen molar-refractivity contribution in [3.63, 3.8) is 0 Å². The number of anilines is 2. The monoisotopic (exact) mass is 351 g/mol. The van der Waals surface area contributed by atoms with Crippen molar-refractivity contribution in [1.82, 2.24) is 0 Å². The fourth-order valence-electron chi connectivity index (χ4n) is 3.45. The predicted molar refractivity (Wildman–Crippen MR) is 104 cm³/mol. The first-order chi connectivity index (χ1) is 12.5. The molecule has 2 aromatic rings. The van der Waals surface area contributed by atoms with E-state index in [1.807, 2.05) is 43.3 Å². The van der Waals surface area contributed by atoms with E-state index in [9.17, 15) is 9.59 Å². The summed E-state index contributed by atoms with van der Waals surface area (Å²) in [5.41, 5.74) is 8.89. The average molecular weight is 351 g/mol. The number of carbonyl (C=O) groups is 2. The van der Waals surface area contributed by atoms with Crippen LogP contribution in [0.5, 0.6) is 0 Å². The Morgan fingerprint density at radius 3 is 2.35 bits per heavy atom. The molecule has 1 saturated carbocycles. The molecule has 5 heteroatoms. The van der Waals surface area contributed by atoms with Gasteiger partial charge in [0.2, 0.25) is 5.91 Å². The van der Waals surface area contributed by atoms with Crippen LogP contribution >= 0.6 is 0 Å². The van der Waals surface area contributed by atoms with E-state index in [-0.39, 0.29) is 23.8 Å². The third-order valence-electron chi connectivity index (χ3n) is 5.06. The van der Waals surface area contributed by atoms with Gasteiger partial charge in [-0.1, -0.05) is 30.7 Å². The van der Waals surface area contributed by atoms with Crippen LogP contribution in [0.15, 0.2) is 48.5 Å². The zero-order chi connectivity index (χ0) is 18.5. The van der Waals surface area contributed by atoms with Gasteiger partial charge < -0.3 is 16.4 Å². The van der Waals surface area contributed by atoms with Crippen LogP contribution in [0.2, 0.25) is 0 Å². The summed E-state index contributed by atoms with van der Waals surface area (Å²) >= 11 is 0. The Hall–Kier alpha value is -2.66. The number of nitrogens with one attached hydrogen (secondary N) is 2. The second-order valence-corrected chi connectivity index (χ2v) is 6.91. The van der Waals surface area contributed by atoms with Gasteiger partial charge >= 0.3 is 0 Å². The van der Waals surface area contributed by atoms with Gasteiger partial charge in [0.15, 0.2) is 0 Å². The van der Waals surface area contributed by atoms with Gasteiger partial charge in [0.25, 0.3) is 5.91 Å². The van der Waals surface area contributed by atoms with Gasteiger partial charge in [-0.05, 0) is 55.5 Å². The molecule has 136 valence electrons. The fourth-order valence-corrected chi connectivity index (χ4v) is 3.45. The first kappa shape index (κ1) is 18.1. The molecular formula is C21H25N3O2. The molecule has 0 radical (unpaired) electrons. The lowest BCUT2D eigenvalue weighted by Crippen LogP contribution is -2.28. The van der Waals surface area contributed by atoms with Crippen LogP contribution < -0.4 is 16.4 Å². The predicted octanol–water partition coefficient (Wildman–Crippen LogP) is 3.70. The van der Waals surface area contributed by atoms with E-state index in [2.05, 4.69) is 10.6 Å². The maximum atomic E-state index is 12.4. The molecule has 0 aromatic heterocycles. The van der Waals surface area contributed by atoms with Crippen molar-refractivity contribution < 1.29 is 9.59 Å². The molecule has 0 heterocycles. The molecule has 5 nitrogen and oxygen atoms in total. The lowest BCUT2D eigenvalue weighted by atomic mass is 9.99.